The van der Waals surface area contributed by atoms with Crippen molar-refractivity contribution in [2.45, 2.75) is 33.2 Å². The van der Waals surface area contributed by atoms with Crippen molar-refractivity contribution in [1.29, 1.82) is 0 Å². The van der Waals surface area contributed by atoms with Crippen LogP contribution in [0.4, 0.5) is 0 Å². The molecule has 7 nitrogen and oxygen atoms in total. The molecule has 0 aliphatic rings. The summed E-state index contributed by atoms with van der Waals surface area (Å²) in [5.41, 5.74) is 1.29. The Labute approximate surface area is 190 Å². The van der Waals surface area contributed by atoms with Gasteiger partial charge in [0.15, 0.2) is 6.61 Å². The lowest BCUT2D eigenvalue weighted by Crippen LogP contribution is -2.46. The minimum atomic E-state index is -1.09. The van der Waals surface area contributed by atoms with Gasteiger partial charge in [0.1, 0.15) is 23.1 Å². The van der Waals surface area contributed by atoms with Crippen LogP contribution < -0.4 is 15.5 Å². The molecular weight excluding hydrogens is 434 g/mol. The fraction of sp³-hybridized carbons (Fsp3) is 0.292. The topological polar surface area (TPSA) is 106 Å². The van der Waals surface area contributed by atoms with E-state index in [9.17, 15) is 19.5 Å². The highest BCUT2D eigenvalue weighted by Crippen LogP contribution is 2.27. The lowest BCUT2D eigenvalue weighted by atomic mass is 9.99. The van der Waals surface area contributed by atoms with Crippen molar-refractivity contribution in [3.8, 4) is 16.9 Å². The van der Waals surface area contributed by atoms with Crippen LogP contribution in [-0.4, -0.2) is 29.6 Å². The predicted molar refractivity (Wildman–Crippen MR) is 122 cm³/mol. The van der Waals surface area contributed by atoms with Crippen LogP contribution in [0, 0.1) is 12.8 Å². The highest BCUT2D eigenvalue weighted by atomic mass is 35.5. The van der Waals surface area contributed by atoms with Crippen LogP contribution in [0.25, 0.3) is 22.1 Å². The largest absolute Gasteiger partial charge is 0.484 e. The number of aryl methyl sites for hydroxylation is 1. The third kappa shape index (κ3) is 5.11. The fourth-order valence-electron chi connectivity index (χ4n) is 3.37. The molecule has 2 atom stereocenters. The van der Waals surface area contributed by atoms with Crippen LogP contribution in [-0.2, 0) is 9.59 Å². The molecule has 168 valence electrons. The smallest absolute Gasteiger partial charge is 0.326 e. The van der Waals surface area contributed by atoms with E-state index >= 15 is 0 Å². The van der Waals surface area contributed by atoms with Gasteiger partial charge in [0.2, 0.25) is 5.43 Å². The molecule has 3 rings (SSSR count). The number of hydrogen-bond acceptors (Lipinski definition) is 5. The Hall–Kier alpha value is -3.32. The standard InChI is InChI=1S/C24H24ClNO6/c1-4-13(2)22(24(29)30)26-20(27)12-31-17-9-10-18-19(11-17)32-14(3)21(23(18)28)15-5-7-16(25)8-6-15/h5-11,13,22H,4,12H2,1-3H3,(H,26,27)(H,29,30)/t13-,22+/m1/s1. The molecule has 1 amide bonds. The highest BCUT2D eigenvalue weighted by Gasteiger charge is 2.25. The summed E-state index contributed by atoms with van der Waals surface area (Å²) in [4.78, 5) is 36.6. The second-order valence-corrected chi connectivity index (χ2v) is 8.02. The van der Waals surface area contributed by atoms with Gasteiger partial charge in [0.25, 0.3) is 5.91 Å². The number of carbonyl (C=O) groups excluding carboxylic acids is 1. The van der Waals surface area contributed by atoms with Crippen LogP contribution in [0.3, 0.4) is 0 Å². The van der Waals surface area contributed by atoms with Crippen LogP contribution in [0.5, 0.6) is 5.75 Å². The molecule has 2 aromatic carbocycles. The summed E-state index contributed by atoms with van der Waals surface area (Å²) in [5.74, 6) is -1.09. The number of amides is 1. The van der Waals surface area contributed by atoms with E-state index < -0.39 is 17.9 Å². The number of fused-ring (bicyclic) bond motifs is 1. The van der Waals surface area contributed by atoms with Crippen molar-refractivity contribution in [1.82, 2.24) is 5.32 Å². The first-order chi connectivity index (χ1) is 15.2. The van der Waals surface area contributed by atoms with Gasteiger partial charge in [-0.05, 0) is 42.7 Å². The summed E-state index contributed by atoms with van der Waals surface area (Å²) in [6.45, 7) is 4.95. The zero-order valence-electron chi connectivity index (χ0n) is 18.0. The Balaban J connectivity index is 1.79. The van der Waals surface area contributed by atoms with E-state index in [1.54, 1.807) is 50.2 Å². The third-order valence-corrected chi connectivity index (χ3v) is 5.59. The maximum absolute atomic E-state index is 13.0. The predicted octanol–water partition coefficient (Wildman–Crippen LogP) is 4.42. The van der Waals surface area contributed by atoms with Crippen molar-refractivity contribution in [3.05, 3.63) is 63.5 Å². The van der Waals surface area contributed by atoms with Gasteiger partial charge in [0.05, 0.1) is 10.9 Å². The second-order valence-electron chi connectivity index (χ2n) is 7.58. The molecule has 0 unspecified atom stereocenters. The van der Waals surface area contributed by atoms with Crippen LogP contribution in [0.2, 0.25) is 5.02 Å². The van der Waals surface area contributed by atoms with Crippen molar-refractivity contribution in [2.75, 3.05) is 6.61 Å². The summed E-state index contributed by atoms with van der Waals surface area (Å²) in [6.07, 6.45) is 0.610. The van der Waals surface area contributed by atoms with Gasteiger partial charge in [-0.25, -0.2) is 4.79 Å². The monoisotopic (exact) mass is 457 g/mol. The average Bonchev–Trinajstić information content (AvgIpc) is 2.76. The number of nitrogens with one attached hydrogen (secondary N) is 1. The minimum Gasteiger partial charge on any atom is -0.484 e. The van der Waals surface area contributed by atoms with Gasteiger partial charge < -0.3 is 19.6 Å². The number of carboxylic acid groups (broad SMARTS) is 1. The summed E-state index contributed by atoms with van der Waals surface area (Å²) >= 11 is 5.94. The Morgan fingerprint density at radius 3 is 2.50 bits per heavy atom. The third-order valence-electron chi connectivity index (χ3n) is 5.34. The molecule has 3 aromatic rings. The first-order valence-electron chi connectivity index (χ1n) is 10.2. The molecule has 32 heavy (non-hydrogen) atoms. The number of carboxylic acids is 1. The van der Waals surface area contributed by atoms with E-state index in [0.29, 0.717) is 45.0 Å². The molecule has 0 aliphatic carbocycles. The number of aliphatic carboxylic acids is 1. The zero-order valence-corrected chi connectivity index (χ0v) is 18.7. The number of rotatable bonds is 8. The SMILES string of the molecule is CC[C@@H](C)[C@H](NC(=O)COc1ccc2c(=O)c(-c3ccc(Cl)cc3)c(C)oc2c1)C(=O)O. The Morgan fingerprint density at radius 2 is 1.88 bits per heavy atom. The van der Waals surface area contributed by atoms with E-state index in [2.05, 4.69) is 5.32 Å². The molecule has 0 radical (unpaired) electrons. The van der Waals surface area contributed by atoms with Crippen LogP contribution >= 0.6 is 11.6 Å². The normalized spacial score (nSPS) is 12.9. The first kappa shape index (κ1) is 23.3. The van der Waals surface area contributed by atoms with E-state index in [0.717, 1.165) is 0 Å². The number of ether oxygens (including phenoxy) is 1. The molecule has 1 heterocycles. The summed E-state index contributed by atoms with van der Waals surface area (Å²) in [6, 6.07) is 10.6. The Kier molecular flexibility index (Phi) is 7.20. The summed E-state index contributed by atoms with van der Waals surface area (Å²) < 4.78 is 11.4. The Bertz CT molecular complexity index is 1200. The molecule has 0 spiro atoms. The van der Waals surface area contributed by atoms with Crippen molar-refractivity contribution >= 4 is 34.4 Å². The molecule has 0 aliphatic heterocycles. The zero-order chi connectivity index (χ0) is 23.4. The number of hydrogen-bond donors (Lipinski definition) is 2. The van der Waals surface area contributed by atoms with E-state index in [1.165, 1.54) is 6.07 Å². The van der Waals surface area contributed by atoms with Crippen molar-refractivity contribution in [2.24, 2.45) is 5.92 Å². The lowest BCUT2D eigenvalue weighted by Gasteiger charge is -2.20. The molecule has 0 saturated heterocycles. The molecular formula is C24H24ClNO6. The molecule has 0 fully saturated rings. The molecule has 0 saturated carbocycles. The van der Waals surface area contributed by atoms with Gasteiger partial charge in [-0.3, -0.25) is 9.59 Å². The molecule has 8 heteroatoms. The quantitative estimate of drug-likeness (QED) is 0.518. The van der Waals surface area contributed by atoms with Gasteiger partial charge >= 0.3 is 5.97 Å². The summed E-state index contributed by atoms with van der Waals surface area (Å²) in [7, 11) is 0. The van der Waals surface area contributed by atoms with Crippen LogP contribution in [0.15, 0.2) is 51.7 Å². The van der Waals surface area contributed by atoms with Gasteiger partial charge in [-0.1, -0.05) is 44.0 Å². The number of halogens is 1. The maximum atomic E-state index is 13.0. The average molecular weight is 458 g/mol. The highest BCUT2D eigenvalue weighted by molar-refractivity contribution is 6.30. The molecule has 0 bridgehead atoms. The van der Waals surface area contributed by atoms with Gasteiger partial charge in [-0.15, -0.1) is 0 Å². The fourth-order valence-corrected chi connectivity index (χ4v) is 3.50. The van der Waals surface area contributed by atoms with E-state index in [-0.39, 0.29) is 18.0 Å². The molecule has 2 N–H and O–H groups in total. The lowest BCUT2D eigenvalue weighted by molar-refractivity contribution is -0.143. The van der Waals surface area contributed by atoms with Crippen molar-refractivity contribution < 1.29 is 23.8 Å². The number of carbonyl (C=O) groups is 2. The van der Waals surface area contributed by atoms with Crippen molar-refractivity contribution in [3.63, 3.8) is 0 Å². The minimum absolute atomic E-state index is 0.187. The van der Waals surface area contributed by atoms with E-state index in [4.69, 9.17) is 20.8 Å². The van der Waals surface area contributed by atoms with E-state index in [1.807, 2.05) is 6.92 Å². The first-order valence-corrected chi connectivity index (χ1v) is 10.6. The Morgan fingerprint density at radius 1 is 1.19 bits per heavy atom. The molecule has 1 aromatic heterocycles. The summed E-state index contributed by atoms with van der Waals surface area (Å²) in [5, 5.41) is 12.7. The maximum Gasteiger partial charge on any atom is 0.326 e. The van der Waals surface area contributed by atoms with Gasteiger partial charge in [0, 0.05) is 11.1 Å². The van der Waals surface area contributed by atoms with Crippen LogP contribution in [0.1, 0.15) is 26.0 Å². The number of benzene rings is 2. The second kappa shape index (κ2) is 9.87. The van der Waals surface area contributed by atoms with Gasteiger partial charge in [-0.2, -0.15) is 0 Å².